The molecule has 2 rings (SSSR count). The van der Waals surface area contributed by atoms with Crippen LogP contribution in [0.25, 0.3) is 0 Å². The summed E-state index contributed by atoms with van der Waals surface area (Å²) >= 11 is 4.25. The van der Waals surface area contributed by atoms with Gasteiger partial charge >= 0.3 is 5.00 Å². The molecular weight excluding hydrogens is 323 g/mol. The van der Waals surface area contributed by atoms with E-state index in [1.165, 1.54) is 12.1 Å². The average Bonchev–Trinajstić information content (AvgIpc) is 2.76. The molecule has 1 aromatic heterocycles. The molecule has 18 heavy (non-hydrogen) atoms. The highest BCUT2D eigenvalue weighted by Crippen LogP contribution is 2.25. The molecule has 0 aliphatic heterocycles. The van der Waals surface area contributed by atoms with Gasteiger partial charge in [-0.15, -0.1) is 0 Å². The lowest BCUT2D eigenvalue weighted by molar-refractivity contribution is -0.380. The molecule has 2 aromatic rings. The van der Waals surface area contributed by atoms with Crippen molar-refractivity contribution in [2.75, 3.05) is 5.32 Å². The molecule has 0 unspecified atom stereocenters. The summed E-state index contributed by atoms with van der Waals surface area (Å²) < 4.78 is 14.2. The molecule has 0 radical (unpaired) electrons. The summed E-state index contributed by atoms with van der Waals surface area (Å²) in [5.74, 6) is -0.365. The number of rotatable bonds is 4. The van der Waals surface area contributed by atoms with Gasteiger partial charge in [0.15, 0.2) is 0 Å². The Morgan fingerprint density at radius 2 is 2.17 bits per heavy atom. The molecule has 7 heteroatoms. The smallest absolute Gasteiger partial charge is 0.324 e. The summed E-state index contributed by atoms with van der Waals surface area (Å²) in [6.07, 6.45) is 0. The molecular formula is C11H8BrFN2O2S. The SMILES string of the molecule is O=[N+]([O-])c1ccc(CNc2ccc(Br)cc2F)s1. The number of nitrogens with one attached hydrogen (secondary N) is 1. The molecule has 1 heterocycles. The van der Waals surface area contributed by atoms with Crippen LogP contribution in [0.2, 0.25) is 0 Å². The van der Waals surface area contributed by atoms with E-state index in [1.807, 2.05) is 0 Å². The Bertz CT molecular complexity index is 588. The van der Waals surface area contributed by atoms with E-state index in [9.17, 15) is 14.5 Å². The van der Waals surface area contributed by atoms with Crippen LogP contribution < -0.4 is 5.32 Å². The van der Waals surface area contributed by atoms with Crippen molar-refractivity contribution in [2.45, 2.75) is 6.54 Å². The second-order valence-corrected chi connectivity index (χ2v) is 5.54. The van der Waals surface area contributed by atoms with E-state index in [-0.39, 0.29) is 10.8 Å². The molecule has 0 amide bonds. The Hall–Kier alpha value is -1.47. The number of hydrogen-bond donors (Lipinski definition) is 1. The predicted octanol–water partition coefficient (Wildman–Crippen LogP) is 4.17. The third-order valence-corrected chi connectivity index (χ3v) is 3.74. The fourth-order valence-electron chi connectivity index (χ4n) is 1.37. The third kappa shape index (κ3) is 3.05. The van der Waals surface area contributed by atoms with Crippen molar-refractivity contribution >= 4 is 38.0 Å². The highest BCUT2D eigenvalue weighted by molar-refractivity contribution is 9.10. The maximum Gasteiger partial charge on any atom is 0.324 e. The lowest BCUT2D eigenvalue weighted by Crippen LogP contribution is -1.99. The highest BCUT2D eigenvalue weighted by Gasteiger charge is 2.10. The summed E-state index contributed by atoms with van der Waals surface area (Å²) in [6, 6.07) is 7.80. The first-order valence-electron chi connectivity index (χ1n) is 4.98. The minimum Gasteiger partial charge on any atom is -0.378 e. The van der Waals surface area contributed by atoms with Crippen molar-refractivity contribution in [3.63, 3.8) is 0 Å². The summed E-state index contributed by atoms with van der Waals surface area (Å²) in [6.45, 7) is 0.358. The molecule has 0 aliphatic carbocycles. The third-order valence-electron chi connectivity index (χ3n) is 2.21. The van der Waals surface area contributed by atoms with Gasteiger partial charge in [-0.1, -0.05) is 27.3 Å². The van der Waals surface area contributed by atoms with Crippen LogP contribution in [0.5, 0.6) is 0 Å². The lowest BCUT2D eigenvalue weighted by atomic mass is 10.3. The summed E-state index contributed by atoms with van der Waals surface area (Å²) in [5, 5.41) is 13.5. The Labute approximate surface area is 115 Å². The van der Waals surface area contributed by atoms with Crippen LogP contribution in [-0.2, 0) is 6.54 Å². The quantitative estimate of drug-likeness (QED) is 0.676. The van der Waals surface area contributed by atoms with Gasteiger partial charge in [-0.25, -0.2) is 4.39 Å². The van der Waals surface area contributed by atoms with E-state index in [0.29, 0.717) is 16.7 Å². The Balaban J connectivity index is 2.04. The topological polar surface area (TPSA) is 55.2 Å². The number of benzene rings is 1. The lowest BCUT2D eigenvalue weighted by Gasteiger charge is -2.05. The van der Waals surface area contributed by atoms with E-state index >= 15 is 0 Å². The van der Waals surface area contributed by atoms with Crippen LogP contribution in [-0.4, -0.2) is 4.92 Å². The van der Waals surface area contributed by atoms with Gasteiger partial charge in [0.2, 0.25) is 0 Å². The molecule has 0 saturated heterocycles. The van der Waals surface area contributed by atoms with Crippen LogP contribution in [0.15, 0.2) is 34.8 Å². The van der Waals surface area contributed by atoms with Crippen molar-refractivity contribution in [1.29, 1.82) is 0 Å². The van der Waals surface area contributed by atoms with E-state index in [2.05, 4.69) is 21.2 Å². The number of halogens is 2. The zero-order chi connectivity index (χ0) is 13.1. The van der Waals surface area contributed by atoms with Crippen LogP contribution in [0.3, 0.4) is 0 Å². The van der Waals surface area contributed by atoms with Crippen molar-refractivity contribution in [3.05, 3.63) is 55.6 Å². The van der Waals surface area contributed by atoms with Gasteiger partial charge in [-0.2, -0.15) is 0 Å². The maximum absolute atomic E-state index is 13.5. The Morgan fingerprint density at radius 3 is 2.78 bits per heavy atom. The van der Waals surface area contributed by atoms with Crippen LogP contribution in [0.4, 0.5) is 15.1 Å². The maximum atomic E-state index is 13.5. The van der Waals surface area contributed by atoms with Gasteiger partial charge in [0, 0.05) is 22.0 Å². The fourth-order valence-corrected chi connectivity index (χ4v) is 2.47. The zero-order valence-electron chi connectivity index (χ0n) is 9.02. The van der Waals surface area contributed by atoms with Crippen LogP contribution in [0, 0.1) is 15.9 Å². The van der Waals surface area contributed by atoms with Gasteiger partial charge in [0.05, 0.1) is 10.6 Å². The predicted molar refractivity (Wildman–Crippen MR) is 72.4 cm³/mol. The first-order valence-corrected chi connectivity index (χ1v) is 6.59. The number of hydrogen-bond acceptors (Lipinski definition) is 4. The Kier molecular flexibility index (Phi) is 3.93. The number of thiophene rings is 1. The molecule has 0 spiro atoms. The monoisotopic (exact) mass is 330 g/mol. The van der Waals surface area contributed by atoms with Crippen molar-refractivity contribution < 1.29 is 9.31 Å². The van der Waals surface area contributed by atoms with Crippen molar-refractivity contribution in [2.24, 2.45) is 0 Å². The molecule has 0 aliphatic rings. The van der Waals surface area contributed by atoms with E-state index in [1.54, 1.807) is 18.2 Å². The second kappa shape index (κ2) is 5.45. The zero-order valence-corrected chi connectivity index (χ0v) is 11.4. The van der Waals surface area contributed by atoms with E-state index in [4.69, 9.17) is 0 Å². The molecule has 0 fully saturated rings. The first-order chi connectivity index (χ1) is 8.56. The van der Waals surface area contributed by atoms with Crippen LogP contribution in [0.1, 0.15) is 4.88 Å². The first kappa shape index (κ1) is 13.0. The largest absolute Gasteiger partial charge is 0.378 e. The normalized spacial score (nSPS) is 10.3. The molecule has 4 nitrogen and oxygen atoms in total. The number of anilines is 1. The van der Waals surface area contributed by atoms with Crippen molar-refractivity contribution in [1.82, 2.24) is 0 Å². The molecule has 0 atom stereocenters. The van der Waals surface area contributed by atoms with Gasteiger partial charge in [0.25, 0.3) is 0 Å². The molecule has 0 saturated carbocycles. The summed E-state index contributed by atoms with van der Waals surface area (Å²) in [4.78, 5) is 10.9. The summed E-state index contributed by atoms with van der Waals surface area (Å²) in [5.41, 5.74) is 0.370. The van der Waals surface area contributed by atoms with Gasteiger partial charge in [-0.3, -0.25) is 10.1 Å². The molecule has 1 N–H and O–H groups in total. The minimum absolute atomic E-state index is 0.0862. The van der Waals surface area contributed by atoms with E-state index < -0.39 is 4.92 Å². The fraction of sp³-hybridized carbons (Fsp3) is 0.0909. The second-order valence-electron chi connectivity index (χ2n) is 3.47. The Morgan fingerprint density at radius 1 is 1.39 bits per heavy atom. The molecule has 94 valence electrons. The van der Waals surface area contributed by atoms with Gasteiger partial charge in [0.1, 0.15) is 5.82 Å². The van der Waals surface area contributed by atoms with Crippen molar-refractivity contribution in [3.8, 4) is 0 Å². The number of nitrogens with zero attached hydrogens (tertiary/aromatic N) is 1. The average molecular weight is 331 g/mol. The van der Waals surface area contributed by atoms with Gasteiger partial charge < -0.3 is 5.32 Å². The standard InChI is InChI=1S/C11H8BrFN2O2S/c12-7-1-3-10(9(13)5-7)14-6-8-2-4-11(18-8)15(16)17/h1-5,14H,6H2. The van der Waals surface area contributed by atoms with E-state index in [0.717, 1.165) is 16.2 Å². The molecule has 1 aromatic carbocycles. The minimum atomic E-state index is -0.436. The highest BCUT2D eigenvalue weighted by atomic mass is 79.9. The number of nitro groups is 1. The van der Waals surface area contributed by atoms with Crippen LogP contribution >= 0.6 is 27.3 Å². The summed E-state index contributed by atoms with van der Waals surface area (Å²) in [7, 11) is 0. The molecule has 0 bridgehead atoms. The van der Waals surface area contributed by atoms with Gasteiger partial charge in [-0.05, 0) is 24.3 Å².